The van der Waals surface area contributed by atoms with Crippen LogP contribution in [0.1, 0.15) is 233 Å². The molecule has 0 aromatic carbocycles. The van der Waals surface area contributed by atoms with E-state index in [1.807, 2.05) is 19.0 Å². The fourth-order valence-electron chi connectivity index (χ4n) is 7.59. The van der Waals surface area contributed by atoms with E-state index in [9.17, 15) is 19.2 Å². The van der Waals surface area contributed by atoms with E-state index in [0.29, 0.717) is 44.6 Å². The molecular formula is C52H97NO9. The number of hydrogen-bond acceptors (Lipinski definition) is 10. The van der Waals surface area contributed by atoms with Gasteiger partial charge in [-0.05, 0) is 78.4 Å². The molecule has 0 saturated heterocycles. The maximum atomic E-state index is 13.0. The minimum absolute atomic E-state index is 0.0624. The van der Waals surface area contributed by atoms with Gasteiger partial charge in [0.1, 0.15) is 13.2 Å². The molecule has 0 amide bonds. The molecule has 3 unspecified atom stereocenters. The van der Waals surface area contributed by atoms with Crippen LogP contribution in [0.25, 0.3) is 0 Å². The number of allylic oxidation sites excluding steroid dienone is 1. The Hall–Kier alpha value is -2.62. The van der Waals surface area contributed by atoms with Crippen LogP contribution < -0.4 is 0 Å². The molecule has 0 aliphatic rings. The third kappa shape index (κ3) is 37.9. The van der Waals surface area contributed by atoms with Gasteiger partial charge in [-0.1, -0.05) is 163 Å². The van der Waals surface area contributed by atoms with Crippen LogP contribution in [0.2, 0.25) is 0 Å². The van der Waals surface area contributed by atoms with Crippen molar-refractivity contribution >= 4 is 23.9 Å². The summed E-state index contributed by atoms with van der Waals surface area (Å²) in [4.78, 5) is 53.1. The van der Waals surface area contributed by atoms with Crippen LogP contribution in [0, 0.1) is 11.8 Å². The summed E-state index contributed by atoms with van der Waals surface area (Å²) in [5.41, 5.74) is 0. The van der Waals surface area contributed by atoms with Crippen molar-refractivity contribution in [1.29, 1.82) is 0 Å². The van der Waals surface area contributed by atoms with Crippen molar-refractivity contribution in [3.8, 4) is 0 Å². The Balaban J connectivity index is 4.89. The number of carbonyl (C=O) groups excluding carboxylic acids is 4. The summed E-state index contributed by atoms with van der Waals surface area (Å²) < 4.78 is 28.4. The summed E-state index contributed by atoms with van der Waals surface area (Å²) in [5.74, 6) is -0.197. The van der Waals surface area contributed by atoms with Crippen molar-refractivity contribution in [3.05, 3.63) is 12.3 Å². The van der Waals surface area contributed by atoms with Crippen molar-refractivity contribution < 1.29 is 42.9 Å². The van der Waals surface area contributed by atoms with Crippen molar-refractivity contribution in [2.75, 3.05) is 47.1 Å². The highest BCUT2D eigenvalue weighted by Gasteiger charge is 2.22. The summed E-state index contributed by atoms with van der Waals surface area (Å²) in [5, 5.41) is 0. The maximum Gasteiger partial charge on any atom is 0.308 e. The first-order valence-electron chi connectivity index (χ1n) is 25.7. The Morgan fingerprint density at radius 3 is 1.29 bits per heavy atom. The van der Waals surface area contributed by atoms with E-state index in [1.165, 1.54) is 96.3 Å². The summed E-state index contributed by atoms with van der Waals surface area (Å²) in [6, 6.07) is 0. The molecular weight excluding hydrogens is 783 g/mol. The largest absolute Gasteiger partial charge is 0.498 e. The molecule has 0 aromatic heterocycles. The molecule has 0 fully saturated rings. The third-order valence-corrected chi connectivity index (χ3v) is 11.6. The molecule has 10 heteroatoms. The molecule has 0 aliphatic carbocycles. The number of carbonyl (C=O) groups is 4. The van der Waals surface area contributed by atoms with Gasteiger partial charge in [0.25, 0.3) is 0 Å². The standard InChI is InChI=1S/C52H97NO9/c1-8-12-16-20-22-26-34-46(33-24-18-14-10-3)45(5)58-41-30-28-37-49(54)60-43-48(44-61-50(55)39-32-40-53(6)7)62-51(56)38-29-31-42-59-52(57)47(35-25-19-15-11-4)36-27-23-21-17-13-9-2/h46-48H,5,8-44H2,1-4,6-7H3. The Bertz CT molecular complexity index is 1100. The smallest absolute Gasteiger partial charge is 0.308 e. The summed E-state index contributed by atoms with van der Waals surface area (Å²) in [7, 11) is 3.88. The fourth-order valence-corrected chi connectivity index (χ4v) is 7.59. The number of nitrogens with zero attached hydrogens (tertiary/aromatic N) is 1. The average molecular weight is 880 g/mol. The topological polar surface area (TPSA) is 118 Å². The molecule has 0 spiro atoms. The van der Waals surface area contributed by atoms with Crippen molar-refractivity contribution in [3.63, 3.8) is 0 Å². The first-order valence-corrected chi connectivity index (χ1v) is 25.7. The second-order valence-electron chi connectivity index (χ2n) is 18.0. The number of rotatable bonds is 46. The van der Waals surface area contributed by atoms with Crippen LogP contribution in [-0.2, 0) is 42.9 Å². The molecule has 0 radical (unpaired) electrons. The Labute approximate surface area is 381 Å². The van der Waals surface area contributed by atoms with E-state index in [-0.39, 0.29) is 51.0 Å². The van der Waals surface area contributed by atoms with Gasteiger partial charge in [0, 0.05) is 25.2 Å². The fraction of sp³-hybridized carbons (Fsp3) is 0.885. The van der Waals surface area contributed by atoms with Crippen LogP contribution in [0.4, 0.5) is 0 Å². The summed E-state index contributed by atoms with van der Waals surface area (Å²) >= 11 is 0. The lowest BCUT2D eigenvalue weighted by Crippen LogP contribution is -2.31. The second-order valence-corrected chi connectivity index (χ2v) is 18.0. The minimum atomic E-state index is -0.912. The predicted molar refractivity (Wildman–Crippen MR) is 254 cm³/mol. The van der Waals surface area contributed by atoms with E-state index < -0.39 is 24.0 Å². The van der Waals surface area contributed by atoms with Gasteiger partial charge in [0.2, 0.25) is 0 Å². The minimum Gasteiger partial charge on any atom is -0.498 e. The molecule has 0 rings (SSSR count). The molecule has 364 valence electrons. The first-order chi connectivity index (χ1) is 30.1. The van der Waals surface area contributed by atoms with E-state index in [2.05, 4.69) is 34.3 Å². The molecule has 3 atom stereocenters. The van der Waals surface area contributed by atoms with Gasteiger partial charge in [-0.25, -0.2) is 0 Å². The highest BCUT2D eigenvalue weighted by molar-refractivity contribution is 5.72. The van der Waals surface area contributed by atoms with Gasteiger partial charge < -0.3 is 28.6 Å². The van der Waals surface area contributed by atoms with Crippen LogP contribution >= 0.6 is 0 Å². The Morgan fingerprint density at radius 1 is 0.435 bits per heavy atom. The van der Waals surface area contributed by atoms with Gasteiger partial charge in [-0.2, -0.15) is 0 Å². The third-order valence-electron chi connectivity index (χ3n) is 11.6. The van der Waals surface area contributed by atoms with Crippen LogP contribution in [0.3, 0.4) is 0 Å². The molecule has 10 nitrogen and oxygen atoms in total. The van der Waals surface area contributed by atoms with E-state index in [1.54, 1.807) is 0 Å². The normalized spacial score (nSPS) is 12.8. The van der Waals surface area contributed by atoms with Crippen LogP contribution in [-0.4, -0.2) is 81.9 Å². The first kappa shape index (κ1) is 59.4. The molecule has 0 heterocycles. The average Bonchev–Trinajstić information content (AvgIpc) is 3.25. The number of unbranched alkanes of at least 4 members (excludes halogenated alkanes) is 18. The predicted octanol–water partition coefficient (Wildman–Crippen LogP) is 13.4. The van der Waals surface area contributed by atoms with Crippen molar-refractivity contribution in [2.24, 2.45) is 11.8 Å². The van der Waals surface area contributed by atoms with E-state index in [4.69, 9.17) is 23.7 Å². The van der Waals surface area contributed by atoms with Gasteiger partial charge >= 0.3 is 23.9 Å². The number of esters is 4. The summed E-state index contributed by atoms with van der Waals surface area (Å²) in [6.07, 6.45) is 30.9. The van der Waals surface area contributed by atoms with E-state index >= 15 is 0 Å². The van der Waals surface area contributed by atoms with Crippen molar-refractivity contribution in [2.45, 2.75) is 239 Å². The molecule has 0 aromatic rings. The van der Waals surface area contributed by atoms with Gasteiger partial charge in [-0.3, -0.25) is 19.2 Å². The molecule has 62 heavy (non-hydrogen) atoms. The van der Waals surface area contributed by atoms with Crippen molar-refractivity contribution in [1.82, 2.24) is 4.90 Å². The maximum absolute atomic E-state index is 13.0. The zero-order chi connectivity index (χ0) is 45.9. The molecule has 0 aliphatic heterocycles. The molecule has 0 N–H and O–H groups in total. The lowest BCUT2D eigenvalue weighted by Gasteiger charge is -2.20. The number of hydrogen-bond donors (Lipinski definition) is 0. The zero-order valence-corrected chi connectivity index (χ0v) is 41.2. The van der Waals surface area contributed by atoms with Crippen LogP contribution in [0.5, 0.6) is 0 Å². The SMILES string of the molecule is C=C(OCCCCC(=O)OCC(COC(=O)CCCN(C)C)OC(=O)CCCCOC(=O)C(CCCCCC)CCCCCCCC)C(CCCCCC)CCCCCCCC. The second kappa shape index (κ2) is 43.6. The van der Waals surface area contributed by atoms with Gasteiger partial charge in [0.05, 0.1) is 24.9 Å². The Kier molecular flexibility index (Phi) is 41.8. The van der Waals surface area contributed by atoms with Gasteiger partial charge in [-0.15, -0.1) is 0 Å². The quantitative estimate of drug-likeness (QED) is 0.0253. The molecule has 0 bridgehead atoms. The highest BCUT2D eigenvalue weighted by Crippen LogP contribution is 2.26. The summed E-state index contributed by atoms with van der Waals surface area (Å²) in [6.45, 7) is 14.3. The van der Waals surface area contributed by atoms with Gasteiger partial charge in [0.15, 0.2) is 6.10 Å². The Morgan fingerprint density at radius 2 is 0.823 bits per heavy atom. The lowest BCUT2D eigenvalue weighted by atomic mass is 9.93. The number of ether oxygens (including phenoxy) is 5. The zero-order valence-electron chi connectivity index (χ0n) is 41.2. The molecule has 0 saturated carbocycles. The van der Waals surface area contributed by atoms with Crippen LogP contribution in [0.15, 0.2) is 12.3 Å². The lowest BCUT2D eigenvalue weighted by molar-refractivity contribution is -0.167. The van der Waals surface area contributed by atoms with E-state index in [0.717, 1.165) is 70.1 Å². The monoisotopic (exact) mass is 880 g/mol. The highest BCUT2D eigenvalue weighted by atomic mass is 16.6.